The molecule has 0 amide bonds. The second-order valence-corrected chi connectivity index (χ2v) is 2.53. The van der Waals surface area contributed by atoms with Crippen LogP contribution in [0.4, 0.5) is 5.69 Å². The number of hydrogen-bond acceptors (Lipinski definition) is 5. The lowest BCUT2D eigenvalue weighted by molar-refractivity contribution is -0.0420. The zero-order chi connectivity index (χ0) is 10.0. The van der Waals surface area contributed by atoms with Gasteiger partial charge in [-0.3, -0.25) is 0 Å². The molecular formula is C8H11NO4. The molecular weight excluding hydrogens is 174 g/mol. The number of aromatic hydroxyl groups is 1. The molecule has 0 aliphatic heterocycles. The van der Waals surface area contributed by atoms with E-state index >= 15 is 0 Å². The summed E-state index contributed by atoms with van der Waals surface area (Å²) in [5, 5.41) is 26.9. The summed E-state index contributed by atoms with van der Waals surface area (Å²) in [6, 6.07) is 2.48. The van der Waals surface area contributed by atoms with E-state index < -0.39 is 6.29 Å². The van der Waals surface area contributed by atoms with Crippen molar-refractivity contribution in [3.8, 4) is 11.5 Å². The number of aliphatic hydroxyl groups is 2. The summed E-state index contributed by atoms with van der Waals surface area (Å²) < 4.78 is 4.77. The number of ether oxygens (including phenoxy) is 1. The molecule has 5 N–H and O–H groups in total. The molecule has 0 saturated heterocycles. The van der Waals surface area contributed by atoms with Crippen LogP contribution >= 0.6 is 0 Å². The molecule has 1 aromatic rings. The van der Waals surface area contributed by atoms with Crippen LogP contribution in [0.3, 0.4) is 0 Å². The van der Waals surface area contributed by atoms with Crippen molar-refractivity contribution in [3.63, 3.8) is 0 Å². The monoisotopic (exact) mass is 185 g/mol. The fourth-order valence-electron chi connectivity index (χ4n) is 0.987. The normalized spacial score (nSPS) is 10.5. The minimum absolute atomic E-state index is 0.0540. The van der Waals surface area contributed by atoms with Gasteiger partial charge < -0.3 is 25.8 Å². The summed E-state index contributed by atoms with van der Waals surface area (Å²) in [7, 11) is 1.38. The molecule has 13 heavy (non-hydrogen) atoms. The molecule has 5 heteroatoms. The summed E-state index contributed by atoms with van der Waals surface area (Å²) >= 11 is 0. The van der Waals surface area contributed by atoms with E-state index in [2.05, 4.69) is 0 Å². The standard InChI is InChI=1S/C8H11NO4/c1-13-7-3-5(9)4(8(11)12)2-6(7)10/h2-3,8,10-12H,9H2,1H3. The zero-order valence-electron chi connectivity index (χ0n) is 7.06. The van der Waals surface area contributed by atoms with Gasteiger partial charge in [0, 0.05) is 17.3 Å². The maximum atomic E-state index is 9.26. The molecule has 5 nitrogen and oxygen atoms in total. The first-order valence-electron chi connectivity index (χ1n) is 3.58. The topological polar surface area (TPSA) is 95.9 Å². The minimum Gasteiger partial charge on any atom is -0.504 e. The number of phenolic OH excluding ortho intramolecular Hbond substituents is 1. The fourth-order valence-corrected chi connectivity index (χ4v) is 0.987. The summed E-state index contributed by atoms with van der Waals surface area (Å²) in [6.45, 7) is 0. The lowest BCUT2D eigenvalue weighted by Gasteiger charge is -2.10. The molecule has 0 heterocycles. The highest BCUT2D eigenvalue weighted by molar-refractivity contribution is 5.57. The van der Waals surface area contributed by atoms with Gasteiger partial charge in [0.2, 0.25) is 0 Å². The first-order chi connectivity index (χ1) is 6.06. The third kappa shape index (κ3) is 1.82. The SMILES string of the molecule is COc1cc(N)c(C(O)O)cc1O. The van der Waals surface area contributed by atoms with Crippen LogP contribution in [0, 0.1) is 0 Å². The first-order valence-corrected chi connectivity index (χ1v) is 3.58. The van der Waals surface area contributed by atoms with Crippen LogP contribution in [0.25, 0.3) is 0 Å². The molecule has 0 bridgehead atoms. The summed E-state index contributed by atoms with van der Waals surface area (Å²) in [5.41, 5.74) is 5.67. The Balaban J connectivity index is 3.20. The molecule has 1 rings (SSSR count). The number of methoxy groups -OCH3 is 1. The average molecular weight is 185 g/mol. The lowest BCUT2D eigenvalue weighted by atomic mass is 10.1. The third-order valence-electron chi connectivity index (χ3n) is 1.66. The Bertz CT molecular complexity index is 311. The van der Waals surface area contributed by atoms with E-state index in [0.717, 1.165) is 6.07 Å². The molecule has 0 atom stereocenters. The van der Waals surface area contributed by atoms with Crippen molar-refractivity contribution >= 4 is 5.69 Å². The van der Waals surface area contributed by atoms with Crippen LogP contribution in [-0.2, 0) is 0 Å². The predicted molar refractivity (Wildman–Crippen MR) is 46.2 cm³/mol. The zero-order valence-corrected chi connectivity index (χ0v) is 7.06. The molecule has 0 saturated carbocycles. The smallest absolute Gasteiger partial charge is 0.180 e. The molecule has 72 valence electrons. The van der Waals surface area contributed by atoms with E-state index in [-0.39, 0.29) is 22.7 Å². The van der Waals surface area contributed by atoms with Crippen LogP contribution in [0.2, 0.25) is 0 Å². The molecule has 0 aliphatic carbocycles. The van der Waals surface area contributed by atoms with Crippen molar-refractivity contribution < 1.29 is 20.1 Å². The van der Waals surface area contributed by atoms with E-state index in [1.807, 2.05) is 0 Å². The number of aliphatic hydroxyl groups excluding tert-OH is 1. The van der Waals surface area contributed by atoms with Crippen LogP contribution in [0.1, 0.15) is 11.9 Å². The molecule has 0 aromatic heterocycles. The Morgan fingerprint density at radius 2 is 2.00 bits per heavy atom. The van der Waals surface area contributed by atoms with Crippen molar-refractivity contribution in [3.05, 3.63) is 17.7 Å². The second kappa shape index (κ2) is 3.51. The van der Waals surface area contributed by atoms with Crippen molar-refractivity contribution in [1.82, 2.24) is 0 Å². The Morgan fingerprint density at radius 1 is 1.38 bits per heavy atom. The first kappa shape index (κ1) is 9.63. The molecule has 0 radical (unpaired) electrons. The number of nitrogen functional groups attached to an aromatic ring is 1. The van der Waals surface area contributed by atoms with E-state index in [0.29, 0.717) is 0 Å². The largest absolute Gasteiger partial charge is 0.504 e. The molecule has 0 aliphatic rings. The van der Waals surface area contributed by atoms with Crippen LogP contribution in [-0.4, -0.2) is 22.4 Å². The minimum atomic E-state index is -1.70. The van der Waals surface area contributed by atoms with Crippen molar-refractivity contribution in [1.29, 1.82) is 0 Å². The van der Waals surface area contributed by atoms with Crippen LogP contribution in [0.15, 0.2) is 12.1 Å². The highest BCUT2D eigenvalue weighted by Crippen LogP contribution is 2.32. The van der Waals surface area contributed by atoms with E-state index in [1.54, 1.807) is 0 Å². The van der Waals surface area contributed by atoms with Gasteiger partial charge in [-0.05, 0) is 6.07 Å². The molecule has 0 fully saturated rings. The van der Waals surface area contributed by atoms with Gasteiger partial charge in [-0.25, -0.2) is 0 Å². The maximum absolute atomic E-state index is 9.26. The third-order valence-corrected chi connectivity index (χ3v) is 1.66. The number of hydrogen-bond donors (Lipinski definition) is 4. The molecule has 1 aromatic carbocycles. The van der Waals surface area contributed by atoms with E-state index in [4.69, 9.17) is 20.7 Å². The van der Waals surface area contributed by atoms with E-state index in [1.165, 1.54) is 13.2 Å². The quantitative estimate of drug-likeness (QED) is 0.295. The highest BCUT2D eigenvalue weighted by atomic mass is 16.5. The number of phenols is 1. The lowest BCUT2D eigenvalue weighted by Crippen LogP contribution is -2.01. The number of nitrogens with two attached hydrogens (primary N) is 1. The van der Waals surface area contributed by atoms with Gasteiger partial charge in [-0.2, -0.15) is 0 Å². The fraction of sp³-hybridized carbons (Fsp3) is 0.250. The van der Waals surface area contributed by atoms with Gasteiger partial charge in [0.15, 0.2) is 17.8 Å². The summed E-state index contributed by atoms with van der Waals surface area (Å²) in [6.07, 6.45) is -1.70. The van der Waals surface area contributed by atoms with Crippen molar-refractivity contribution in [2.75, 3.05) is 12.8 Å². The Kier molecular flexibility index (Phi) is 2.60. The van der Waals surface area contributed by atoms with Gasteiger partial charge in [0.05, 0.1) is 7.11 Å². The van der Waals surface area contributed by atoms with Gasteiger partial charge in [-0.15, -0.1) is 0 Å². The second-order valence-electron chi connectivity index (χ2n) is 2.53. The van der Waals surface area contributed by atoms with Gasteiger partial charge in [0.1, 0.15) is 0 Å². The van der Waals surface area contributed by atoms with Gasteiger partial charge in [-0.1, -0.05) is 0 Å². The van der Waals surface area contributed by atoms with Crippen LogP contribution in [0.5, 0.6) is 11.5 Å². The highest BCUT2D eigenvalue weighted by Gasteiger charge is 2.12. The number of anilines is 1. The summed E-state index contributed by atoms with van der Waals surface area (Å²) in [5.74, 6) is 0.0155. The Hall–Kier alpha value is -1.46. The van der Waals surface area contributed by atoms with Crippen molar-refractivity contribution in [2.24, 2.45) is 0 Å². The van der Waals surface area contributed by atoms with Crippen molar-refractivity contribution in [2.45, 2.75) is 6.29 Å². The van der Waals surface area contributed by atoms with Gasteiger partial charge >= 0.3 is 0 Å². The molecule has 0 unspecified atom stereocenters. The maximum Gasteiger partial charge on any atom is 0.180 e. The number of benzene rings is 1. The Labute approximate surface area is 75.0 Å². The number of rotatable bonds is 2. The summed E-state index contributed by atoms with van der Waals surface area (Å²) in [4.78, 5) is 0. The molecule has 0 spiro atoms. The van der Waals surface area contributed by atoms with E-state index in [9.17, 15) is 5.11 Å². The predicted octanol–water partition coefficient (Wildman–Crippen LogP) is -0.0338. The van der Waals surface area contributed by atoms with Crippen LogP contribution < -0.4 is 10.5 Å². The Morgan fingerprint density at radius 3 is 2.46 bits per heavy atom. The van der Waals surface area contributed by atoms with Gasteiger partial charge in [0.25, 0.3) is 0 Å². The average Bonchev–Trinajstić information content (AvgIpc) is 2.07.